The number of carbonyl (C=O) groups is 1. The van der Waals surface area contributed by atoms with Crippen LogP contribution in [0.2, 0.25) is 0 Å². The van der Waals surface area contributed by atoms with Crippen molar-refractivity contribution in [1.29, 1.82) is 0 Å². The molecule has 1 aliphatic heterocycles. The Morgan fingerprint density at radius 2 is 1.25 bits per heavy atom. The Balaban J connectivity index is 2.24. The summed E-state index contributed by atoms with van der Waals surface area (Å²) in [5.74, 6) is -0.509. The Bertz CT molecular complexity index is 1220. The Labute approximate surface area is 304 Å². The van der Waals surface area contributed by atoms with E-state index in [0.29, 0.717) is 6.61 Å². The first kappa shape index (κ1) is 46.3. The third-order valence-electron chi connectivity index (χ3n) is 7.34. The molecule has 0 aromatic carbocycles. The summed E-state index contributed by atoms with van der Waals surface area (Å²) in [6.45, 7) is 3.10. The van der Waals surface area contributed by atoms with E-state index in [2.05, 4.69) is 96.2 Å². The number of rotatable bonds is 28. The van der Waals surface area contributed by atoms with Gasteiger partial charge in [-0.15, -0.1) is 0 Å². The summed E-state index contributed by atoms with van der Waals surface area (Å²) in [6, 6.07) is 0. The highest BCUT2D eigenvalue weighted by molar-refractivity contribution is 7.80. The molecule has 0 radical (unpaired) electrons. The summed E-state index contributed by atoms with van der Waals surface area (Å²) >= 11 is 0. The highest BCUT2D eigenvalue weighted by Crippen LogP contribution is 2.25. The van der Waals surface area contributed by atoms with Crippen molar-refractivity contribution >= 4 is 16.4 Å². The molecule has 0 aromatic heterocycles. The zero-order chi connectivity index (χ0) is 37.6. The summed E-state index contributed by atoms with van der Waals surface area (Å²) in [5.41, 5.74) is 0. The monoisotopic (exact) mass is 740 g/mol. The van der Waals surface area contributed by atoms with E-state index in [0.717, 1.165) is 64.2 Å². The number of unbranched alkanes of at least 4 members (excludes halogenated alkanes) is 2. The maximum atomic E-state index is 11.9. The van der Waals surface area contributed by atoms with Gasteiger partial charge in [-0.05, 0) is 64.2 Å². The van der Waals surface area contributed by atoms with Crippen molar-refractivity contribution in [1.82, 2.24) is 0 Å². The average Bonchev–Trinajstić information content (AvgIpc) is 3.10. The zero-order valence-electron chi connectivity index (χ0n) is 30.1. The topological polar surface area (TPSA) is 178 Å². The van der Waals surface area contributed by atoms with Crippen molar-refractivity contribution in [3.63, 3.8) is 0 Å². The summed E-state index contributed by atoms with van der Waals surface area (Å²) in [7, 11) is -5.05. The molecule has 0 spiro atoms. The molecule has 51 heavy (non-hydrogen) atoms. The van der Waals surface area contributed by atoms with E-state index in [1.54, 1.807) is 6.92 Å². The van der Waals surface area contributed by atoms with Gasteiger partial charge in [-0.3, -0.25) is 9.35 Å². The van der Waals surface area contributed by atoms with Gasteiger partial charge in [-0.1, -0.05) is 98.9 Å². The first-order valence-electron chi connectivity index (χ1n) is 17.8. The molecule has 1 rings (SSSR count). The van der Waals surface area contributed by atoms with Crippen LogP contribution in [0.1, 0.15) is 84.5 Å². The summed E-state index contributed by atoms with van der Waals surface area (Å²) in [4.78, 5) is 11.9. The summed E-state index contributed by atoms with van der Waals surface area (Å²) in [5, 5.41) is 30.1. The fraction of sp³-hybridized carbons (Fsp3) is 0.605. The molecule has 1 aliphatic rings. The van der Waals surface area contributed by atoms with Crippen LogP contribution in [0.4, 0.5) is 0 Å². The highest BCUT2D eigenvalue weighted by atomic mass is 32.3. The predicted octanol–water partition coefficient (Wildman–Crippen LogP) is 5.78. The molecule has 4 N–H and O–H groups in total. The largest absolute Gasteiger partial charge is 0.457 e. The first-order chi connectivity index (χ1) is 24.6. The number of carbonyl (C=O) groups excluding carboxylic acids is 1. The van der Waals surface area contributed by atoms with Crippen LogP contribution in [-0.2, 0) is 38.3 Å². The van der Waals surface area contributed by atoms with Crippen molar-refractivity contribution in [3.8, 4) is 0 Å². The maximum absolute atomic E-state index is 11.9. The second-order valence-electron chi connectivity index (χ2n) is 11.7. The van der Waals surface area contributed by atoms with E-state index in [-0.39, 0.29) is 19.6 Å². The maximum Gasteiger partial charge on any atom is 0.397 e. The van der Waals surface area contributed by atoms with Gasteiger partial charge < -0.3 is 34.3 Å². The van der Waals surface area contributed by atoms with Gasteiger partial charge in [0.1, 0.15) is 30.5 Å². The van der Waals surface area contributed by atoms with Crippen LogP contribution >= 0.6 is 0 Å². The average molecular weight is 741 g/mol. The standard InChI is InChI=1S/C38H60O12S/c1-3-5-6-7-8-9-10-11-12-13-14-15-16-17-18-19-20-21-22-23-24-25-26-27-28-46-30-32(48-34(40)4-2)31-47-38-36(42)37(50-51(43,44)45)35(41)33(29-39)49-38/h5-6,8-9,11-12,14-15,17-18,20-21,23-24,32-33,35-39,41-42H,3-4,7,10,13,16,19,22,25-31H2,1-2H3,(H,43,44,45)/b6-5-,9-8-,12-11-,15-14-,18-17-,21-20-,24-23-. The number of ether oxygens (including phenoxy) is 4. The molecule has 12 nitrogen and oxygen atoms in total. The number of hydrogen-bond donors (Lipinski definition) is 4. The smallest absolute Gasteiger partial charge is 0.397 e. The molecular weight excluding hydrogens is 680 g/mol. The van der Waals surface area contributed by atoms with Crippen molar-refractivity contribution in [2.75, 3.05) is 26.4 Å². The third-order valence-corrected chi connectivity index (χ3v) is 7.80. The Morgan fingerprint density at radius 1 is 0.745 bits per heavy atom. The highest BCUT2D eigenvalue weighted by Gasteiger charge is 2.48. The van der Waals surface area contributed by atoms with Crippen LogP contribution in [-0.4, -0.2) is 97.5 Å². The number of aliphatic hydroxyl groups is 3. The molecule has 1 heterocycles. The molecule has 0 bridgehead atoms. The van der Waals surface area contributed by atoms with Crippen molar-refractivity contribution in [2.24, 2.45) is 0 Å². The van der Waals surface area contributed by atoms with Gasteiger partial charge in [-0.2, -0.15) is 8.42 Å². The van der Waals surface area contributed by atoms with E-state index in [1.165, 1.54) is 0 Å². The minimum atomic E-state index is -5.05. The van der Waals surface area contributed by atoms with E-state index in [4.69, 9.17) is 23.5 Å². The minimum Gasteiger partial charge on any atom is -0.457 e. The van der Waals surface area contributed by atoms with Gasteiger partial charge in [0.05, 0.1) is 19.8 Å². The van der Waals surface area contributed by atoms with E-state index >= 15 is 0 Å². The van der Waals surface area contributed by atoms with Crippen LogP contribution in [0.15, 0.2) is 85.1 Å². The molecular formula is C38H60O12S. The van der Waals surface area contributed by atoms with Crippen LogP contribution in [0, 0.1) is 0 Å². The fourth-order valence-electron chi connectivity index (χ4n) is 4.62. The van der Waals surface area contributed by atoms with Crippen molar-refractivity contribution in [3.05, 3.63) is 85.1 Å². The molecule has 290 valence electrons. The van der Waals surface area contributed by atoms with Crippen LogP contribution in [0.25, 0.3) is 0 Å². The Hall–Kier alpha value is -2.72. The predicted molar refractivity (Wildman–Crippen MR) is 197 cm³/mol. The molecule has 6 unspecified atom stereocenters. The lowest BCUT2D eigenvalue weighted by Crippen LogP contribution is -2.60. The molecule has 6 atom stereocenters. The van der Waals surface area contributed by atoms with Gasteiger partial charge >= 0.3 is 16.4 Å². The van der Waals surface area contributed by atoms with Crippen LogP contribution < -0.4 is 0 Å². The minimum absolute atomic E-state index is 0.00984. The quantitative estimate of drug-likeness (QED) is 0.0329. The van der Waals surface area contributed by atoms with Gasteiger partial charge in [0.25, 0.3) is 0 Å². The second-order valence-corrected chi connectivity index (χ2v) is 12.7. The van der Waals surface area contributed by atoms with Crippen LogP contribution in [0.5, 0.6) is 0 Å². The SMILES string of the molecule is CC/C=C\C/C=C\C/C=C\C/C=C\C/C=C\C/C=C\C/C=C\CCCCOCC(COC1OC(CO)C(O)C(OS(=O)(=O)O)C1O)OC(=O)CC. The number of esters is 1. The van der Waals surface area contributed by atoms with Gasteiger partial charge in [0.15, 0.2) is 6.29 Å². The van der Waals surface area contributed by atoms with Crippen LogP contribution in [0.3, 0.4) is 0 Å². The fourth-order valence-corrected chi connectivity index (χ4v) is 5.13. The van der Waals surface area contributed by atoms with Crippen molar-refractivity contribution in [2.45, 2.75) is 121 Å². The van der Waals surface area contributed by atoms with E-state index in [9.17, 15) is 28.5 Å². The number of allylic oxidation sites excluding steroid dienone is 14. The summed E-state index contributed by atoms with van der Waals surface area (Å²) in [6.07, 6.45) is 30.5. The molecule has 1 saturated heterocycles. The molecule has 13 heteroatoms. The molecule has 0 aromatic rings. The molecule has 1 fully saturated rings. The van der Waals surface area contributed by atoms with Gasteiger partial charge in [-0.25, -0.2) is 4.18 Å². The number of hydrogen-bond acceptors (Lipinski definition) is 11. The lowest BCUT2D eigenvalue weighted by Gasteiger charge is -2.41. The molecule has 0 saturated carbocycles. The second kappa shape index (κ2) is 29.8. The molecule has 0 amide bonds. The lowest BCUT2D eigenvalue weighted by molar-refractivity contribution is -0.301. The Kier molecular flexibility index (Phi) is 27.1. The Morgan fingerprint density at radius 3 is 1.73 bits per heavy atom. The first-order valence-corrected chi connectivity index (χ1v) is 19.2. The van der Waals surface area contributed by atoms with E-state index in [1.807, 2.05) is 0 Å². The van der Waals surface area contributed by atoms with Gasteiger partial charge in [0.2, 0.25) is 0 Å². The normalized spacial score (nSPS) is 22.7. The van der Waals surface area contributed by atoms with Crippen molar-refractivity contribution < 1.29 is 56.2 Å². The lowest BCUT2D eigenvalue weighted by atomic mass is 9.99. The number of aliphatic hydroxyl groups excluding tert-OH is 3. The molecule has 0 aliphatic carbocycles. The summed E-state index contributed by atoms with van der Waals surface area (Å²) < 4.78 is 57.6. The van der Waals surface area contributed by atoms with Gasteiger partial charge in [0, 0.05) is 13.0 Å². The third kappa shape index (κ3) is 24.2. The van der Waals surface area contributed by atoms with E-state index < -0.39 is 59.8 Å². The zero-order valence-corrected chi connectivity index (χ0v) is 30.9.